The summed E-state index contributed by atoms with van der Waals surface area (Å²) in [6, 6.07) is 12.5. The molecule has 2 aromatic carbocycles. The Morgan fingerprint density at radius 2 is 1.59 bits per heavy atom. The van der Waals surface area contributed by atoms with Crippen LogP contribution in [0.4, 0.5) is 0 Å². The fourth-order valence-corrected chi connectivity index (χ4v) is 5.02. The number of hydrogen-bond acceptors (Lipinski definition) is 6. The SMILES string of the molecule is O=C(c1ccc(Oc2ccc(Cl)c(Cl)c2)cc1)N1CC(N2CCN(C(=O)c3nccs3)CC2)C1. The Labute approximate surface area is 211 Å². The average molecular weight is 517 g/mol. The highest BCUT2D eigenvalue weighted by molar-refractivity contribution is 7.11. The average Bonchev–Trinajstić information content (AvgIpc) is 3.36. The van der Waals surface area contributed by atoms with Gasteiger partial charge in [-0.25, -0.2) is 4.98 Å². The summed E-state index contributed by atoms with van der Waals surface area (Å²) >= 11 is 13.3. The normalized spacial score (nSPS) is 16.9. The minimum absolute atomic E-state index is 0.00616. The van der Waals surface area contributed by atoms with E-state index < -0.39 is 0 Å². The molecule has 0 N–H and O–H groups in total. The molecule has 176 valence electrons. The smallest absolute Gasteiger partial charge is 0.282 e. The molecule has 1 aromatic heterocycles. The van der Waals surface area contributed by atoms with Crippen molar-refractivity contribution < 1.29 is 14.3 Å². The molecule has 2 aliphatic heterocycles. The fraction of sp³-hybridized carbons (Fsp3) is 0.292. The second-order valence-corrected chi connectivity index (χ2v) is 9.94. The third kappa shape index (κ3) is 4.90. The van der Waals surface area contributed by atoms with Crippen LogP contribution >= 0.6 is 34.5 Å². The van der Waals surface area contributed by atoms with Crippen LogP contribution in [0, 0.1) is 0 Å². The van der Waals surface area contributed by atoms with Gasteiger partial charge >= 0.3 is 0 Å². The van der Waals surface area contributed by atoms with Crippen molar-refractivity contribution >= 4 is 46.4 Å². The molecule has 0 spiro atoms. The van der Waals surface area contributed by atoms with E-state index in [0.29, 0.717) is 64.3 Å². The molecule has 3 aromatic rings. The second kappa shape index (κ2) is 9.92. The lowest BCUT2D eigenvalue weighted by Gasteiger charge is -2.48. The van der Waals surface area contributed by atoms with Crippen LogP contribution in [0.3, 0.4) is 0 Å². The molecule has 2 amide bonds. The number of piperazine rings is 1. The van der Waals surface area contributed by atoms with Crippen LogP contribution in [-0.4, -0.2) is 76.8 Å². The van der Waals surface area contributed by atoms with Crippen LogP contribution in [0.2, 0.25) is 10.0 Å². The van der Waals surface area contributed by atoms with Crippen molar-refractivity contribution in [3.63, 3.8) is 0 Å². The molecule has 0 radical (unpaired) electrons. The second-order valence-electron chi connectivity index (χ2n) is 8.23. The summed E-state index contributed by atoms with van der Waals surface area (Å²) in [5, 5.41) is 3.25. The number of thiazole rings is 1. The largest absolute Gasteiger partial charge is 0.457 e. The van der Waals surface area contributed by atoms with Crippen molar-refractivity contribution in [2.45, 2.75) is 6.04 Å². The molecule has 3 heterocycles. The number of ether oxygens (including phenoxy) is 1. The van der Waals surface area contributed by atoms with Crippen LogP contribution in [0.15, 0.2) is 54.0 Å². The summed E-state index contributed by atoms with van der Waals surface area (Å²) in [5.74, 6) is 1.20. The maximum absolute atomic E-state index is 12.9. The van der Waals surface area contributed by atoms with Crippen LogP contribution < -0.4 is 4.74 Å². The lowest BCUT2D eigenvalue weighted by molar-refractivity contribution is 0.00853. The zero-order valence-corrected chi connectivity index (χ0v) is 20.5. The monoisotopic (exact) mass is 516 g/mol. The van der Waals surface area contributed by atoms with Crippen molar-refractivity contribution in [3.05, 3.63) is 74.7 Å². The van der Waals surface area contributed by atoms with E-state index in [1.807, 2.05) is 15.2 Å². The molecule has 0 atom stereocenters. The van der Waals surface area contributed by atoms with E-state index in [0.717, 1.165) is 13.1 Å². The molecule has 0 unspecified atom stereocenters. The van der Waals surface area contributed by atoms with Crippen LogP contribution in [0.1, 0.15) is 20.2 Å². The Kier molecular flexibility index (Phi) is 6.74. The van der Waals surface area contributed by atoms with E-state index in [-0.39, 0.29) is 11.8 Å². The molecule has 34 heavy (non-hydrogen) atoms. The Hall–Kier alpha value is -2.65. The number of amides is 2. The Morgan fingerprint density at radius 1 is 0.882 bits per heavy atom. The molecule has 0 aliphatic carbocycles. The first-order valence-corrected chi connectivity index (χ1v) is 12.6. The molecule has 7 nitrogen and oxygen atoms in total. The van der Waals surface area contributed by atoms with Crippen molar-refractivity contribution in [1.82, 2.24) is 19.7 Å². The highest BCUT2D eigenvalue weighted by Gasteiger charge is 2.37. The first-order valence-electron chi connectivity index (χ1n) is 10.9. The Balaban J connectivity index is 1.10. The van der Waals surface area contributed by atoms with Gasteiger partial charge in [0.2, 0.25) is 0 Å². The molecule has 2 fully saturated rings. The van der Waals surface area contributed by atoms with E-state index in [9.17, 15) is 9.59 Å². The summed E-state index contributed by atoms with van der Waals surface area (Å²) < 4.78 is 5.79. The van der Waals surface area contributed by atoms with Gasteiger partial charge in [0.25, 0.3) is 11.8 Å². The lowest BCUT2D eigenvalue weighted by Crippen LogP contribution is -2.64. The third-order valence-electron chi connectivity index (χ3n) is 6.11. The van der Waals surface area contributed by atoms with Gasteiger partial charge in [0.05, 0.1) is 10.0 Å². The molecule has 5 rings (SSSR count). The number of halogens is 2. The number of likely N-dealkylation sites (tertiary alicyclic amines) is 1. The summed E-state index contributed by atoms with van der Waals surface area (Å²) in [6.07, 6.45) is 1.66. The van der Waals surface area contributed by atoms with Crippen molar-refractivity contribution in [1.29, 1.82) is 0 Å². The summed E-state index contributed by atoms with van der Waals surface area (Å²) in [7, 11) is 0. The Bertz CT molecular complexity index is 1180. The van der Waals surface area contributed by atoms with Gasteiger partial charge in [0, 0.05) is 68.5 Å². The first-order chi connectivity index (χ1) is 16.5. The standard InChI is InChI=1S/C24H22Cl2N4O3S/c25-20-6-5-19(13-21(20)26)33-18-3-1-16(2-4-18)23(31)30-14-17(15-30)28-8-10-29(11-9-28)24(32)22-27-7-12-34-22/h1-7,12-13,17H,8-11,14-15H2. The number of nitrogens with zero attached hydrogens (tertiary/aromatic N) is 4. The quantitative estimate of drug-likeness (QED) is 0.498. The Morgan fingerprint density at radius 3 is 2.24 bits per heavy atom. The number of carbonyl (C=O) groups excluding carboxylic acids is 2. The van der Waals surface area contributed by atoms with Crippen molar-refractivity contribution in [2.24, 2.45) is 0 Å². The maximum atomic E-state index is 12.9. The topological polar surface area (TPSA) is 66.0 Å². The van der Waals surface area contributed by atoms with E-state index in [4.69, 9.17) is 27.9 Å². The van der Waals surface area contributed by atoms with Crippen molar-refractivity contribution in [2.75, 3.05) is 39.3 Å². The molecular weight excluding hydrogens is 495 g/mol. The molecule has 0 saturated carbocycles. The van der Waals surface area contributed by atoms with Gasteiger partial charge in [0.15, 0.2) is 5.01 Å². The van der Waals surface area contributed by atoms with E-state index in [1.165, 1.54) is 11.3 Å². The highest BCUT2D eigenvalue weighted by atomic mass is 35.5. The van der Waals surface area contributed by atoms with Crippen LogP contribution in [-0.2, 0) is 0 Å². The number of hydrogen-bond donors (Lipinski definition) is 0. The van der Waals surface area contributed by atoms with Gasteiger partial charge in [-0.1, -0.05) is 23.2 Å². The van der Waals surface area contributed by atoms with E-state index in [1.54, 1.807) is 48.7 Å². The lowest BCUT2D eigenvalue weighted by atomic mass is 10.0. The maximum Gasteiger partial charge on any atom is 0.282 e. The van der Waals surface area contributed by atoms with Gasteiger partial charge in [-0.2, -0.15) is 0 Å². The zero-order valence-electron chi connectivity index (χ0n) is 18.2. The minimum Gasteiger partial charge on any atom is -0.457 e. The van der Waals surface area contributed by atoms with E-state index in [2.05, 4.69) is 9.88 Å². The molecule has 0 bridgehead atoms. The van der Waals surface area contributed by atoms with Gasteiger partial charge in [0.1, 0.15) is 11.5 Å². The third-order valence-corrected chi connectivity index (χ3v) is 7.61. The molecule has 2 saturated heterocycles. The fourth-order valence-electron chi connectivity index (χ4n) is 4.13. The minimum atomic E-state index is 0.00616. The number of aromatic nitrogens is 1. The zero-order chi connectivity index (χ0) is 23.7. The van der Waals surface area contributed by atoms with E-state index >= 15 is 0 Å². The summed E-state index contributed by atoms with van der Waals surface area (Å²) in [5.41, 5.74) is 0.624. The van der Waals surface area contributed by atoms with Gasteiger partial charge in [-0.05, 0) is 36.4 Å². The van der Waals surface area contributed by atoms with Gasteiger partial charge < -0.3 is 14.5 Å². The van der Waals surface area contributed by atoms with Crippen LogP contribution in [0.5, 0.6) is 11.5 Å². The first kappa shape index (κ1) is 23.1. The van der Waals surface area contributed by atoms with Crippen molar-refractivity contribution in [3.8, 4) is 11.5 Å². The van der Waals surface area contributed by atoms with Crippen LogP contribution in [0.25, 0.3) is 0 Å². The molecule has 2 aliphatic rings. The number of carbonyl (C=O) groups is 2. The van der Waals surface area contributed by atoms with Gasteiger partial charge in [-0.3, -0.25) is 14.5 Å². The molecule has 10 heteroatoms. The number of benzene rings is 2. The molecular formula is C24H22Cl2N4O3S. The predicted molar refractivity (Wildman–Crippen MR) is 132 cm³/mol. The summed E-state index contributed by atoms with van der Waals surface area (Å²) in [6.45, 7) is 4.38. The number of rotatable bonds is 5. The summed E-state index contributed by atoms with van der Waals surface area (Å²) in [4.78, 5) is 35.5. The predicted octanol–water partition coefficient (Wildman–Crippen LogP) is 4.52. The highest BCUT2D eigenvalue weighted by Crippen LogP contribution is 2.30. The van der Waals surface area contributed by atoms with Gasteiger partial charge in [-0.15, -0.1) is 11.3 Å².